The van der Waals surface area contributed by atoms with E-state index in [1.165, 1.54) is 12.0 Å². The smallest absolute Gasteiger partial charge is 0.410 e. The van der Waals surface area contributed by atoms with E-state index in [-0.39, 0.29) is 6.54 Å². The van der Waals surface area contributed by atoms with Crippen molar-refractivity contribution < 1.29 is 23.9 Å². The maximum absolute atomic E-state index is 13.0. The zero-order valence-electron chi connectivity index (χ0n) is 16.8. The van der Waals surface area contributed by atoms with Crippen LogP contribution in [0.4, 0.5) is 4.79 Å². The molecule has 0 radical (unpaired) electrons. The van der Waals surface area contributed by atoms with Crippen molar-refractivity contribution in [1.29, 1.82) is 0 Å². The molecule has 0 saturated heterocycles. The Balaban J connectivity index is 2.30. The van der Waals surface area contributed by atoms with Gasteiger partial charge < -0.3 is 14.8 Å². The number of hydrogen-bond acceptors (Lipinski definition) is 6. The van der Waals surface area contributed by atoms with Gasteiger partial charge in [0.05, 0.1) is 7.11 Å². The Kier molecular flexibility index (Phi) is 8.36. The maximum Gasteiger partial charge on any atom is 0.410 e. The van der Waals surface area contributed by atoms with Gasteiger partial charge in [0.2, 0.25) is 0 Å². The molecular formula is C22H26N2O5. The molecule has 2 rings (SSSR count). The number of methoxy groups -OCH3 is 1. The minimum Gasteiger partial charge on any atom is -0.453 e. The molecule has 0 spiro atoms. The number of nitrogens with zero attached hydrogens (tertiary/aromatic N) is 1. The summed E-state index contributed by atoms with van der Waals surface area (Å²) in [5.74, 6) is -1.57. The largest absolute Gasteiger partial charge is 0.453 e. The topological polar surface area (TPSA) is 84.9 Å². The number of benzene rings is 2. The molecule has 154 valence electrons. The minimum absolute atomic E-state index is 0.199. The molecule has 0 bridgehead atoms. The van der Waals surface area contributed by atoms with Gasteiger partial charge in [0.15, 0.2) is 6.04 Å². The second-order valence-electron chi connectivity index (χ2n) is 6.21. The summed E-state index contributed by atoms with van der Waals surface area (Å²) in [6.07, 6.45) is -0.683. The van der Waals surface area contributed by atoms with E-state index in [1.807, 2.05) is 13.0 Å². The van der Waals surface area contributed by atoms with Crippen molar-refractivity contribution in [3.63, 3.8) is 0 Å². The molecule has 2 unspecified atom stereocenters. The maximum atomic E-state index is 13.0. The van der Waals surface area contributed by atoms with Crippen LogP contribution in [0.1, 0.15) is 37.1 Å². The zero-order valence-corrected chi connectivity index (χ0v) is 16.8. The predicted molar refractivity (Wildman–Crippen MR) is 108 cm³/mol. The molecule has 0 fully saturated rings. The lowest BCUT2D eigenvalue weighted by atomic mass is 10.1. The molecule has 2 aromatic carbocycles. The fraction of sp³-hybridized carbons (Fsp3) is 0.318. The highest BCUT2D eigenvalue weighted by molar-refractivity contribution is 5.93. The van der Waals surface area contributed by atoms with Crippen LogP contribution in [-0.4, -0.2) is 43.1 Å². The van der Waals surface area contributed by atoms with Crippen molar-refractivity contribution in [3.8, 4) is 0 Å². The molecule has 1 amide bonds. The van der Waals surface area contributed by atoms with Crippen LogP contribution in [0.15, 0.2) is 60.7 Å². The number of rotatable bonds is 8. The van der Waals surface area contributed by atoms with Crippen LogP contribution in [0.2, 0.25) is 0 Å². The lowest BCUT2D eigenvalue weighted by Gasteiger charge is -2.28. The van der Waals surface area contributed by atoms with Gasteiger partial charge >= 0.3 is 18.0 Å². The molecule has 0 aliphatic heterocycles. The Morgan fingerprint density at radius 1 is 0.897 bits per heavy atom. The third-order valence-corrected chi connectivity index (χ3v) is 4.38. The van der Waals surface area contributed by atoms with Crippen LogP contribution >= 0.6 is 0 Å². The van der Waals surface area contributed by atoms with Crippen LogP contribution in [0.3, 0.4) is 0 Å². The molecule has 2 aromatic rings. The Morgan fingerprint density at radius 3 is 1.93 bits per heavy atom. The van der Waals surface area contributed by atoms with Crippen LogP contribution in [-0.2, 0) is 19.1 Å². The Morgan fingerprint density at radius 2 is 1.45 bits per heavy atom. The third-order valence-electron chi connectivity index (χ3n) is 4.38. The molecule has 7 heteroatoms. The van der Waals surface area contributed by atoms with E-state index in [1.54, 1.807) is 61.5 Å². The first-order valence-electron chi connectivity index (χ1n) is 9.46. The molecule has 7 nitrogen and oxygen atoms in total. The highest BCUT2D eigenvalue weighted by Crippen LogP contribution is 2.24. The molecule has 29 heavy (non-hydrogen) atoms. The SMILES string of the molecule is CCNC(C(=O)OC(=O)C(c1ccccc1)N(CC)C(=O)OC)c1ccccc1. The van der Waals surface area contributed by atoms with E-state index in [0.717, 1.165) is 0 Å². The summed E-state index contributed by atoms with van der Waals surface area (Å²) in [5.41, 5.74) is 1.21. The number of esters is 2. The summed E-state index contributed by atoms with van der Waals surface area (Å²) >= 11 is 0. The molecule has 0 aromatic heterocycles. The number of nitrogens with one attached hydrogen (secondary N) is 1. The quantitative estimate of drug-likeness (QED) is 0.543. The van der Waals surface area contributed by atoms with Crippen molar-refractivity contribution in [1.82, 2.24) is 10.2 Å². The summed E-state index contributed by atoms with van der Waals surface area (Å²) in [7, 11) is 1.24. The Bertz CT molecular complexity index is 810. The highest BCUT2D eigenvalue weighted by Gasteiger charge is 2.35. The van der Waals surface area contributed by atoms with Gasteiger partial charge in [-0.05, 0) is 24.6 Å². The van der Waals surface area contributed by atoms with E-state index < -0.39 is 30.1 Å². The fourth-order valence-corrected chi connectivity index (χ4v) is 3.01. The van der Waals surface area contributed by atoms with Crippen molar-refractivity contribution in [2.24, 2.45) is 0 Å². The van der Waals surface area contributed by atoms with Crippen LogP contribution in [0.5, 0.6) is 0 Å². The lowest BCUT2D eigenvalue weighted by molar-refractivity contribution is -0.165. The first-order valence-corrected chi connectivity index (χ1v) is 9.46. The molecular weight excluding hydrogens is 372 g/mol. The second kappa shape index (κ2) is 11.0. The molecule has 0 saturated carbocycles. The molecule has 0 aliphatic carbocycles. The average molecular weight is 398 g/mol. The van der Waals surface area contributed by atoms with Gasteiger partial charge in [-0.2, -0.15) is 0 Å². The number of carbonyl (C=O) groups excluding carboxylic acids is 3. The molecule has 2 atom stereocenters. The average Bonchev–Trinajstić information content (AvgIpc) is 2.76. The predicted octanol–water partition coefficient (Wildman–Crippen LogP) is 3.24. The van der Waals surface area contributed by atoms with Gasteiger partial charge in [-0.25, -0.2) is 14.4 Å². The van der Waals surface area contributed by atoms with E-state index in [9.17, 15) is 14.4 Å². The lowest BCUT2D eigenvalue weighted by Crippen LogP contribution is -2.41. The van der Waals surface area contributed by atoms with Crippen molar-refractivity contribution in [2.45, 2.75) is 25.9 Å². The van der Waals surface area contributed by atoms with E-state index in [0.29, 0.717) is 17.7 Å². The molecule has 0 aliphatic rings. The van der Waals surface area contributed by atoms with Gasteiger partial charge in [-0.3, -0.25) is 4.90 Å². The van der Waals surface area contributed by atoms with E-state index in [2.05, 4.69) is 5.32 Å². The second-order valence-corrected chi connectivity index (χ2v) is 6.21. The minimum atomic E-state index is -1.10. The number of hydrogen-bond donors (Lipinski definition) is 1. The van der Waals surface area contributed by atoms with Crippen LogP contribution in [0, 0.1) is 0 Å². The third kappa shape index (κ3) is 5.65. The molecule has 1 N–H and O–H groups in total. The first-order chi connectivity index (χ1) is 14.0. The monoisotopic (exact) mass is 398 g/mol. The van der Waals surface area contributed by atoms with E-state index in [4.69, 9.17) is 9.47 Å². The van der Waals surface area contributed by atoms with Crippen molar-refractivity contribution in [2.75, 3.05) is 20.2 Å². The number of carbonyl (C=O) groups is 3. The highest BCUT2D eigenvalue weighted by atomic mass is 16.6. The van der Waals surface area contributed by atoms with Gasteiger partial charge in [-0.1, -0.05) is 67.6 Å². The van der Waals surface area contributed by atoms with Gasteiger partial charge in [0.25, 0.3) is 0 Å². The summed E-state index contributed by atoms with van der Waals surface area (Å²) < 4.78 is 10.0. The first kappa shape index (κ1) is 22.1. The number of amides is 1. The van der Waals surface area contributed by atoms with Gasteiger partial charge in [0, 0.05) is 6.54 Å². The van der Waals surface area contributed by atoms with Crippen molar-refractivity contribution in [3.05, 3.63) is 71.8 Å². The molecule has 0 heterocycles. The Labute approximate surface area is 170 Å². The van der Waals surface area contributed by atoms with Crippen molar-refractivity contribution >= 4 is 18.0 Å². The summed E-state index contributed by atoms with van der Waals surface area (Å²) in [5, 5.41) is 3.03. The normalized spacial score (nSPS) is 12.5. The van der Waals surface area contributed by atoms with Gasteiger partial charge in [0.1, 0.15) is 6.04 Å². The van der Waals surface area contributed by atoms with Crippen LogP contribution in [0.25, 0.3) is 0 Å². The summed E-state index contributed by atoms with van der Waals surface area (Å²) in [6, 6.07) is 15.8. The van der Waals surface area contributed by atoms with Crippen LogP contribution < -0.4 is 5.32 Å². The number of ether oxygens (including phenoxy) is 2. The Hall–Kier alpha value is -3.19. The number of likely N-dealkylation sites (N-methyl/N-ethyl adjacent to an activating group) is 2. The van der Waals surface area contributed by atoms with E-state index >= 15 is 0 Å². The van der Waals surface area contributed by atoms with Gasteiger partial charge in [-0.15, -0.1) is 0 Å². The fourth-order valence-electron chi connectivity index (χ4n) is 3.01. The standard InChI is InChI=1S/C22H26N2O5/c1-4-23-18(16-12-8-6-9-13-16)20(25)29-21(26)19(17-14-10-7-11-15-17)24(5-2)22(27)28-3/h6-15,18-19,23H,4-5H2,1-3H3. The zero-order chi connectivity index (χ0) is 21.2. The summed E-state index contributed by atoms with van der Waals surface area (Å²) in [6.45, 7) is 4.28. The summed E-state index contributed by atoms with van der Waals surface area (Å²) in [4.78, 5) is 39.2.